The summed E-state index contributed by atoms with van der Waals surface area (Å²) < 4.78 is 17.6. The zero-order valence-corrected chi connectivity index (χ0v) is 18.7. The number of carboxylic acid groups (broad SMARTS) is 1. The summed E-state index contributed by atoms with van der Waals surface area (Å²) in [7, 11) is -1.96. The Morgan fingerprint density at radius 1 is 1.13 bits per heavy atom. The Labute approximate surface area is 177 Å². The molecule has 0 spiro atoms. The van der Waals surface area contributed by atoms with E-state index < -0.39 is 37.4 Å². The number of carbonyl (C=O) groups is 3. The number of rotatable bonds is 18. The van der Waals surface area contributed by atoms with Crippen molar-refractivity contribution < 1.29 is 28.6 Å². The molecule has 0 aromatic heterocycles. The van der Waals surface area contributed by atoms with Crippen LogP contribution in [0.2, 0.25) is 0 Å². The molecule has 2 amide bonds. The molecule has 0 aliphatic heterocycles. The highest BCUT2D eigenvalue weighted by atomic mass is 31.2. The maximum atomic E-state index is 12.6. The maximum Gasteiger partial charge on any atom is 0.320 e. The molecule has 0 heterocycles. The minimum absolute atomic E-state index is 0.0415. The summed E-state index contributed by atoms with van der Waals surface area (Å²) in [6, 6.07) is -2.03. The van der Waals surface area contributed by atoms with Crippen LogP contribution in [-0.2, 0) is 23.5 Å². The second kappa shape index (κ2) is 16.2. The number of carboxylic acids is 1. The van der Waals surface area contributed by atoms with Crippen LogP contribution >= 0.6 is 7.52 Å². The number of amides is 2. The van der Waals surface area contributed by atoms with E-state index in [1.165, 1.54) is 14.0 Å². The normalized spacial score (nSPS) is 15.1. The minimum atomic E-state index is -3.25. The quantitative estimate of drug-likeness (QED) is 0.0990. The lowest BCUT2D eigenvalue weighted by Gasteiger charge is -2.20. The van der Waals surface area contributed by atoms with Gasteiger partial charge in [-0.1, -0.05) is 0 Å². The molecular formula is C17H37N6O6P. The topological polar surface area (TPSA) is 198 Å². The number of unbranched alkanes of at least 4 members (excludes halogenated alkanes) is 1. The van der Waals surface area contributed by atoms with Crippen molar-refractivity contribution in [3.63, 3.8) is 0 Å². The fourth-order valence-electron chi connectivity index (χ4n) is 2.29. The van der Waals surface area contributed by atoms with E-state index in [1.54, 1.807) is 0 Å². The second-order valence-corrected chi connectivity index (χ2v) is 9.18. The summed E-state index contributed by atoms with van der Waals surface area (Å²) in [6.07, 6.45) is 2.32. The lowest BCUT2D eigenvalue weighted by molar-refractivity contribution is -0.138. The van der Waals surface area contributed by atoms with Crippen LogP contribution in [-0.4, -0.2) is 74.5 Å². The zero-order chi connectivity index (χ0) is 23.0. The predicted octanol–water partition coefficient (Wildman–Crippen LogP) is -1.10. The van der Waals surface area contributed by atoms with Gasteiger partial charge in [-0.2, -0.15) is 0 Å². The molecule has 0 aromatic rings. The van der Waals surface area contributed by atoms with Gasteiger partial charge < -0.3 is 37.0 Å². The molecule has 12 nitrogen and oxygen atoms in total. The summed E-state index contributed by atoms with van der Waals surface area (Å²) in [6.45, 7) is 4.21. The molecule has 0 fully saturated rings. The molecule has 0 aliphatic rings. The number of hydrogen-bond acceptors (Lipinski definition) is 8. The van der Waals surface area contributed by atoms with E-state index in [9.17, 15) is 18.9 Å². The number of aliphatic carboxylic acids is 1. The summed E-state index contributed by atoms with van der Waals surface area (Å²) in [5.74, 6) is -2.23. The van der Waals surface area contributed by atoms with Gasteiger partial charge in [0, 0.05) is 20.1 Å². The fraction of sp³-hybridized carbons (Fsp3) is 0.824. The Kier molecular flexibility index (Phi) is 15.3. The largest absolute Gasteiger partial charge is 0.480 e. The van der Waals surface area contributed by atoms with E-state index in [2.05, 4.69) is 21.0 Å². The highest BCUT2D eigenvalue weighted by Crippen LogP contribution is 2.39. The standard InChI is InChI=1S/C17H37N6O6P/c1-13(23-15(24)7-6-14(19)17(26)27)16(25)21-12-30(28,29-2)22-11-5-10-20-9-4-3-8-18/h13-14,20H,3-12,18-19H2,1-2H3,(H,21,25)(H,22,28)(H,23,24)(H,26,27)/t13-,14-,30?/m0/s1. The van der Waals surface area contributed by atoms with Crippen LogP contribution in [0.25, 0.3) is 0 Å². The van der Waals surface area contributed by atoms with Crippen molar-refractivity contribution in [2.24, 2.45) is 11.5 Å². The fourth-order valence-corrected chi connectivity index (χ4v) is 3.52. The van der Waals surface area contributed by atoms with Crippen molar-refractivity contribution in [2.45, 2.75) is 51.1 Å². The number of nitrogens with one attached hydrogen (secondary N) is 4. The second-order valence-electron chi connectivity index (χ2n) is 6.84. The molecule has 0 radical (unpaired) electrons. The Morgan fingerprint density at radius 3 is 2.40 bits per heavy atom. The van der Waals surface area contributed by atoms with E-state index in [-0.39, 0.29) is 19.1 Å². The first-order valence-electron chi connectivity index (χ1n) is 10.0. The molecule has 176 valence electrons. The van der Waals surface area contributed by atoms with Crippen LogP contribution < -0.4 is 32.5 Å². The molecule has 0 rings (SSSR count). The van der Waals surface area contributed by atoms with Gasteiger partial charge in [0.15, 0.2) is 0 Å². The van der Waals surface area contributed by atoms with Crippen molar-refractivity contribution in [3.8, 4) is 0 Å². The first kappa shape index (κ1) is 28.4. The lowest BCUT2D eigenvalue weighted by Crippen LogP contribution is -2.46. The molecule has 0 aromatic carbocycles. The summed E-state index contributed by atoms with van der Waals surface area (Å²) in [4.78, 5) is 34.5. The van der Waals surface area contributed by atoms with Gasteiger partial charge >= 0.3 is 5.97 Å². The third-order valence-corrected chi connectivity index (χ3v) is 6.09. The Bertz CT molecular complexity index is 579. The van der Waals surface area contributed by atoms with Gasteiger partial charge in [-0.25, -0.2) is 5.09 Å². The van der Waals surface area contributed by atoms with Crippen LogP contribution in [0.3, 0.4) is 0 Å². The van der Waals surface area contributed by atoms with Crippen molar-refractivity contribution >= 4 is 25.3 Å². The average molecular weight is 452 g/mol. The third-order valence-electron chi connectivity index (χ3n) is 4.22. The summed E-state index contributed by atoms with van der Waals surface area (Å²) >= 11 is 0. The summed E-state index contributed by atoms with van der Waals surface area (Å²) in [5, 5.41) is 19.7. The molecular weight excluding hydrogens is 415 g/mol. The van der Waals surface area contributed by atoms with Gasteiger partial charge in [0.1, 0.15) is 18.4 Å². The number of carbonyl (C=O) groups excluding carboxylic acids is 2. The Hall–Kier alpha value is -1.56. The van der Waals surface area contributed by atoms with E-state index in [4.69, 9.17) is 21.1 Å². The van der Waals surface area contributed by atoms with Gasteiger partial charge in [-0.15, -0.1) is 0 Å². The number of hydrogen-bond donors (Lipinski definition) is 7. The van der Waals surface area contributed by atoms with E-state index in [1.807, 2.05) is 0 Å². The predicted molar refractivity (Wildman–Crippen MR) is 114 cm³/mol. The van der Waals surface area contributed by atoms with Gasteiger partial charge in [0.25, 0.3) is 7.52 Å². The van der Waals surface area contributed by atoms with Crippen LogP contribution in [0.1, 0.15) is 39.0 Å². The molecule has 13 heteroatoms. The molecule has 0 aliphatic carbocycles. The van der Waals surface area contributed by atoms with Crippen LogP contribution in [0.4, 0.5) is 0 Å². The van der Waals surface area contributed by atoms with Crippen molar-refractivity contribution in [1.29, 1.82) is 0 Å². The zero-order valence-electron chi connectivity index (χ0n) is 17.8. The monoisotopic (exact) mass is 452 g/mol. The SMILES string of the molecule is COP(=O)(CNC(=O)[C@H](C)NC(=O)CC[C@H](N)C(=O)O)NCCCNCCCCN. The molecule has 0 saturated heterocycles. The Morgan fingerprint density at radius 2 is 1.80 bits per heavy atom. The molecule has 30 heavy (non-hydrogen) atoms. The first-order chi connectivity index (χ1) is 14.1. The van der Waals surface area contributed by atoms with Gasteiger partial charge in [0.05, 0.1) is 0 Å². The highest BCUT2D eigenvalue weighted by molar-refractivity contribution is 7.56. The van der Waals surface area contributed by atoms with E-state index in [0.29, 0.717) is 13.1 Å². The van der Waals surface area contributed by atoms with Crippen molar-refractivity contribution in [1.82, 2.24) is 21.0 Å². The molecule has 3 atom stereocenters. The van der Waals surface area contributed by atoms with Gasteiger partial charge in [-0.3, -0.25) is 18.9 Å². The van der Waals surface area contributed by atoms with Crippen molar-refractivity contribution in [3.05, 3.63) is 0 Å². The first-order valence-corrected chi connectivity index (χ1v) is 11.8. The van der Waals surface area contributed by atoms with E-state index >= 15 is 0 Å². The lowest BCUT2D eigenvalue weighted by atomic mass is 10.1. The molecule has 1 unspecified atom stereocenters. The number of nitrogens with two attached hydrogens (primary N) is 2. The molecule has 0 saturated carbocycles. The van der Waals surface area contributed by atoms with Gasteiger partial charge in [0.2, 0.25) is 11.8 Å². The van der Waals surface area contributed by atoms with E-state index in [0.717, 1.165) is 32.4 Å². The third kappa shape index (κ3) is 13.6. The Balaban J connectivity index is 4.16. The smallest absolute Gasteiger partial charge is 0.320 e. The maximum absolute atomic E-state index is 12.6. The highest BCUT2D eigenvalue weighted by Gasteiger charge is 2.24. The van der Waals surface area contributed by atoms with Crippen molar-refractivity contribution in [2.75, 3.05) is 39.6 Å². The summed E-state index contributed by atoms with van der Waals surface area (Å²) in [5.41, 5.74) is 10.8. The van der Waals surface area contributed by atoms with Gasteiger partial charge in [-0.05, 0) is 52.2 Å². The average Bonchev–Trinajstić information content (AvgIpc) is 2.71. The van der Waals surface area contributed by atoms with Crippen LogP contribution in [0.5, 0.6) is 0 Å². The molecule has 0 bridgehead atoms. The molecule has 9 N–H and O–H groups in total. The van der Waals surface area contributed by atoms with Crippen LogP contribution in [0, 0.1) is 0 Å². The van der Waals surface area contributed by atoms with Crippen LogP contribution in [0.15, 0.2) is 0 Å². The minimum Gasteiger partial charge on any atom is -0.480 e.